The van der Waals surface area contributed by atoms with E-state index in [9.17, 15) is 0 Å². The maximum atomic E-state index is 5.33. The van der Waals surface area contributed by atoms with Gasteiger partial charge in [0.2, 0.25) is 0 Å². The van der Waals surface area contributed by atoms with Crippen LogP contribution in [0.25, 0.3) is 0 Å². The largest absolute Gasteiger partial charge is 0.497 e. The molecule has 2 unspecified atom stereocenters. The number of aliphatic imine (C=N–C) groups is 1. The molecule has 2 atom stereocenters. The second-order valence-corrected chi connectivity index (χ2v) is 9.17. The normalized spacial score (nSPS) is 19.7. The minimum atomic E-state index is 0. The number of guanidine groups is 1. The molecule has 2 heterocycles. The van der Waals surface area contributed by atoms with Gasteiger partial charge >= 0.3 is 0 Å². The molecule has 6 nitrogen and oxygen atoms in total. The smallest absolute Gasteiger partial charge is 0.191 e. The van der Waals surface area contributed by atoms with Gasteiger partial charge in [0.1, 0.15) is 10.8 Å². The van der Waals surface area contributed by atoms with Gasteiger partial charge in [-0.2, -0.15) is 0 Å². The second-order valence-electron chi connectivity index (χ2n) is 8.23. The van der Waals surface area contributed by atoms with E-state index in [1.807, 2.05) is 7.05 Å². The van der Waals surface area contributed by atoms with Gasteiger partial charge in [-0.15, -0.1) is 35.3 Å². The second kappa shape index (κ2) is 12.6. The number of nitrogens with one attached hydrogen (secondary N) is 2. The molecule has 0 bridgehead atoms. The standard InChI is InChI=1S/C23H35N5OS.HI/c1-16(2)20-15-30-21(27-20)14-26-23(24-3)25-13-18-7-6-12-28(4)22(18)17-8-10-19(29-5)11-9-17;/h8-11,15-16,18,22H,6-7,12-14H2,1-5H3,(H2,24,25,26);1H. The summed E-state index contributed by atoms with van der Waals surface area (Å²) in [5, 5.41) is 10.2. The van der Waals surface area contributed by atoms with Crippen molar-refractivity contribution in [2.24, 2.45) is 10.9 Å². The fourth-order valence-corrected chi connectivity index (χ4v) is 4.98. The zero-order valence-electron chi connectivity index (χ0n) is 19.2. The Morgan fingerprint density at radius 3 is 2.65 bits per heavy atom. The average molecular weight is 558 g/mol. The maximum Gasteiger partial charge on any atom is 0.191 e. The molecule has 172 valence electrons. The van der Waals surface area contributed by atoms with E-state index in [-0.39, 0.29) is 24.0 Å². The Labute approximate surface area is 207 Å². The van der Waals surface area contributed by atoms with Crippen LogP contribution in [-0.4, -0.2) is 50.1 Å². The monoisotopic (exact) mass is 557 g/mol. The van der Waals surface area contributed by atoms with Gasteiger partial charge < -0.3 is 15.4 Å². The third-order valence-electron chi connectivity index (χ3n) is 5.79. The van der Waals surface area contributed by atoms with Crippen LogP contribution >= 0.6 is 35.3 Å². The van der Waals surface area contributed by atoms with E-state index >= 15 is 0 Å². The summed E-state index contributed by atoms with van der Waals surface area (Å²) in [6.07, 6.45) is 2.42. The van der Waals surface area contributed by atoms with E-state index in [1.54, 1.807) is 18.4 Å². The van der Waals surface area contributed by atoms with Gasteiger partial charge in [-0.25, -0.2) is 4.98 Å². The first-order valence-electron chi connectivity index (χ1n) is 10.7. The molecular weight excluding hydrogens is 521 g/mol. The minimum Gasteiger partial charge on any atom is -0.497 e. The Morgan fingerprint density at radius 2 is 2.03 bits per heavy atom. The van der Waals surface area contributed by atoms with Gasteiger partial charge in [0.15, 0.2) is 5.96 Å². The van der Waals surface area contributed by atoms with Crippen LogP contribution in [0, 0.1) is 5.92 Å². The van der Waals surface area contributed by atoms with Crippen LogP contribution in [0.3, 0.4) is 0 Å². The van der Waals surface area contributed by atoms with Crippen molar-refractivity contribution in [3.63, 3.8) is 0 Å². The van der Waals surface area contributed by atoms with Gasteiger partial charge in [0, 0.05) is 25.0 Å². The van der Waals surface area contributed by atoms with Crippen molar-refractivity contribution in [3.05, 3.63) is 45.9 Å². The van der Waals surface area contributed by atoms with Crippen molar-refractivity contribution in [2.75, 3.05) is 34.3 Å². The average Bonchev–Trinajstić information content (AvgIpc) is 3.23. The highest BCUT2D eigenvalue weighted by Gasteiger charge is 2.30. The van der Waals surface area contributed by atoms with Crippen LogP contribution in [0.2, 0.25) is 0 Å². The molecule has 0 spiro atoms. The Kier molecular flexibility index (Phi) is 10.5. The Hall–Kier alpha value is -1.39. The molecular formula is C23H36IN5OS. The number of rotatable bonds is 7. The molecule has 31 heavy (non-hydrogen) atoms. The number of hydrogen-bond donors (Lipinski definition) is 2. The Morgan fingerprint density at radius 1 is 1.29 bits per heavy atom. The highest BCUT2D eigenvalue weighted by molar-refractivity contribution is 14.0. The number of nitrogens with zero attached hydrogens (tertiary/aromatic N) is 3. The summed E-state index contributed by atoms with van der Waals surface area (Å²) in [6.45, 7) is 7.06. The molecule has 2 N–H and O–H groups in total. The predicted molar refractivity (Wildman–Crippen MR) is 141 cm³/mol. The first-order valence-corrected chi connectivity index (χ1v) is 11.6. The number of aromatic nitrogens is 1. The first-order chi connectivity index (χ1) is 14.5. The molecule has 0 radical (unpaired) electrons. The van der Waals surface area contributed by atoms with Crippen molar-refractivity contribution in [1.82, 2.24) is 20.5 Å². The molecule has 0 aliphatic carbocycles. The zero-order valence-corrected chi connectivity index (χ0v) is 22.4. The highest BCUT2D eigenvalue weighted by atomic mass is 127. The van der Waals surface area contributed by atoms with Crippen LogP contribution in [-0.2, 0) is 6.54 Å². The van der Waals surface area contributed by atoms with Crippen LogP contribution in [0.5, 0.6) is 5.75 Å². The van der Waals surface area contributed by atoms with Crippen molar-refractivity contribution < 1.29 is 4.74 Å². The van der Waals surface area contributed by atoms with Gasteiger partial charge in [-0.05, 0) is 56.0 Å². The van der Waals surface area contributed by atoms with Crippen LogP contribution in [0.15, 0.2) is 34.6 Å². The lowest BCUT2D eigenvalue weighted by Gasteiger charge is -2.40. The summed E-state index contributed by atoms with van der Waals surface area (Å²) in [4.78, 5) is 11.6. The summed E-state index contributed by atoms with van der Waals surface area (Å²) in [6, 6.07) is 8.90. The summed E-state index contributed by atoms with van der Waals surface area (Å²) < 4.78 is 5.33. The summed E-state index contributed by atoms with van der Waals surface area (Å²) in [7, 11) is 5.76. The molecule has 1 aromatic carbocycles. The fraction of sp³-hybridized carbons (Fsp3) is 0.565. The minimum absolute atomic E-state index is 0. The van der Waals surface area contributed by atoms with Crippen molar-refractivity contribution in [1.29, 1.82) is 0 Å². The van der Waals surface area contributed by atoms with Crippen LogP contribution in [0.1, 0.15) is 54.9 Å². The number of thiazole rings is 1. The SMILES string of the molecule is CN=C(NCc1nc(C(C)C)cs1)NCC1CCCN(C)C1c1ccc(OC)cc1.I. The number of benzene rings is 1. The van der Waals surface area contributed by atoms with Gasteiger partial charge in [-0.3, -0.25) is 9.89 Å². The van der Waals surface area contributed by atoms with E-state index in [0.717, 1.165) is 35.5 Å². The van der Waals surface area contributed by atoms with E-state index in [2.05, 4.69) is 71.1 Å². The van der Waals surface area contributed by atoms with E-state index in [1.165, 1.54) is 18.4 Å². The van der Waals surface area contributed by atoms with Gasteiger partial charge in [-0.1, -0.05) is 26.0 Å². The number of hydrogen-bond acceptors (Lipinski definition) is 5. The Balaban J connectivity index is 0.00000341. The molecule has 8 heteroatoms. The quantitative estimate of drug-likeness (QED) is 0.295. The Bertz CT molecular complexity index is 824. The molecule has 0 amide bonds. The number of halogens is 1. The third kappa shape index (κ3) is 7.05. The van der Waals surface area contributed by atoms with Gasteiger partial charge in [0.05, 0.1) is 19.3 Å². The lowest BCUT2D eigenvalue weighted by molar-refractivity contribution is 0.122. The molecule has 1 saturated heterocycles. The number of piperidine rings is 1. The molecule has 1 fully saturated rings. The summed E-state index contributed by atoms with van der Waals surface area (Å²) >= 11 is 1.70. The lowest BCUT2D eigenvalue weighted by Crippen LogP contribution is -2.44. The van der Waals surface area contributed by atoms with Gasteiger partial charge in [0.25, 0.3) is 0 Å². The molecule has 2 aromatic rings. The molecule has 3 rings (SSSR count). The molecule has 0 saturated carbocycles. The van der Waals surface area contributed by atoms with Crippen molar-refractivity contribution >= 4 is 41.3 Å². The van der Waals surface area contributed by atoms with Crippen molar-refractivity contribution in [3.8, 4) is 5.75 Å². The van der Waals surface area contributed by atoms with Crippen molar-refractivity contribution in [2.45, 2.75) is 45.2 Å². The predicted octanol–water partition coefficient (Wildman–Crippen LogP) is 4.64. The topological polar surface area (TPSA) is 61.8 Å². The third-order valence-corrected chi connectivity index (χ3v) is 6.65. The number of methoxy groups -OCH3 is 1. The van der Waals surface area contributed by atoms with Crippen LogP contribution in [0.4, 0.5) is 0 Å². The molecule has 1 aromatic heterocycles. The summed E-state index contributed by atoms with van der Waals surface area (Å²) in [5.41, 5.74) is 2.50. The highest BCUT2D eigenvalue weighted by Crippen LogP contribution is 2.35. The van der Waals surface area contributed by atoms with Crippen LogP contribution < -0.4 is 15.4 Å². The zero-order chi connectivity index (χ0) is 21.5. The lowest BCUT2D eigenvalue weighted by atomic mass is 9.85. The molecule has 1 aliphatic rings. The molecule has 1 aliphatic heterocycles. The maximum absolute atomic E-state index is 5.33. The fourth-order valence-electron chi connectivity index (χ4n) is 4.08. The number of ether oxygens (including phenoxy) is 1. The first kappa shape index (κ1) is 25.9. The van der Waals surface area contributed by atoms with E-state index in [0.29, 0.717) is 24.4 Å². The number of likely N-dealkylation sites (tertiary alicyclic amines) is 1. The summed E-state index contributed by atoms with van der Waals surface area (Å²) in [5.74, 6) is 2.71. The van der Waals surface area contributed by atoms with E-state index in [4.69, 9.17) is 9.72 Å². The van der Waals surface area contributed by atoms with E-state index < -0.39 is 0 Å².